The molecule has 1 aromatic carbocycles. The van der Waals surface area contributed by atoms with Gasteiger partial charge in [0.1, 0.15) is 11.6 Å². The standard InChI is InChI=1S/C18H15F5N2O3/c1-8-5-9(3-4-13(8)28-16(22)23)18(15(26)25(2)17(27)24-18)10-6-11(19)14(21)12(20)7-10/h3-7,11,14,16H,1-2H3,(H,24,27). The lowest BCUT2D eigenvalue weighted by Crippen LogP contribution is -2.46. The normalized spacial score (nSPS) is 27.6. The summed E-state index contributed by atoms with van der Waals surface area (Å²) in [6, 6.07) is 2.79. The van der Waals surface area contributed by atoms with Gasteiger partial charge >= 0.3 is 12.6 Å². The number of aryl methyl sites for hydroxylation is 1. The fourth-order valence-corrected chi connectivity index (χ4v) is 3.23. The van der Waals surface area contributed by atoms with Crippen LogP contribution in [0.4, 0.5) is 26.7 Å². The number of likely N-dealkylation sites (N-methyl/N-ethyl adjacent to an activating group) is 1. The Kier molecular flexibility index (Phi) is 4.90. The van der Waals surface area contributed by atoms with E-state index in [4.69, 9.17) is 0 Å². The lowest BCUT2D eigenvalue weighted by Gasteiger charge is -2.31. The van der Waals surface area contributed by atoms with Crippen molar-refractivity contribution in [3.8, 4) is 5.75 Å². The quantitative estimate of drug-likeness (QED) is 0.620. The van der Waals surface area contributed by atoms with E-state index in [1.54, 1.807) is 0 Å². The molecule has 1 aliphatic carbocycles. The van der Waals surface area contributed by atoms with Crippen LogP contribution in [-0.2, 0) is 10.3 Å². The number of allylic oxidation sites excluding steroid dienone is 2. The summed E-state index contributed by atoms with van der Waals surface area (Å²) in [5, 5.41) is 2.38. The first-order valence-electron chi connectivity index (χ1n) is 8.11. The van der Waals surface area contributed by atoms with Crippen LogP contribution < -0.4 is 10.1 Å². The molecule has 3 amide bonds. The molecule has 3 atom stereocenters. The molecule has 1 aliphatic heterocycles. The topological polar surface area (TPSA) is 58.6 Å². The van der Waals surface area contributed by atoms with Crippen molar-refractivity contribution in [2.24, 2.45) is 0 Å². The highest BCUT2D eigenvalue weighted by Gasteiger charge is 2.54. The lowest BCUT2D eigenvalue weighted by atomic mass is 9.79. The highest BCUT2D eigenvalue weighted by atomic mass is 19.3. The number of halogens is 5. The van der Waals surface area contributed by atoms with Gasteiger partial charge in [0.2, 0.25) is 0 Å². The number of imide groups is 1. The number of benzene rings is 1. The van der Waals surface area contributed by atoms with Crippen molar-refractivity contribution in [1.82, 2.24) is 10.2 Å². The Labute approximate surface area is 156 Å². The molecule has 10 heteroatoms. The van der Waals surface area contributed by atoms with E-state index in [1.807, 2.05) is 0 Å². The molecule has 0 aromatic heterocycles. The molecule has 0 saturated carbocycles. The number of nitrogens with zero attached hydrogens (tertiary/aromatic N) is 1. The molecule has 1 saturated heterocycles. The second-order valence-electron chi connectivity index (χ2n) is 6.40. The van der Waals surface area contributed by atoms with Crippen LogP contribution in [0.5, 0.6) is 5.75 Å². The van der Waals surface area contributed by atoms with Crippen LogP contribution >= 0.6 is 0 Å². The van der Waals surface area contributed by atoms with Gasteiger partial charge in [-0.2, -0.15) is 8.78 Å². The van der Waals surface area contributed by atoms with E-state index < -0.39 is 42.3 Å². The number of alkyl halides is 4. The number of hydrogen-bond acceptors (Lipinski definition) is 3. The van der Waals surface area contributed by atoms with Crippen LogP contribution in [0.15, 0.2) is 41.8 Å². The third-order valence-electron chi connectivity index (χ3n) is 4.66. The van der Waals surface area contributed by atoms with E-state index in [0.29, 0.717) is 17.1 Å². The van der Waals surface area contributed by atoms with Gasteiger partial charge in [-0.3, -0.25) is 9.69 Å². The molecule has 3 unspecified atom stereocenters. The Morgan fingerprint density at radius 3 is 2.43 bits per heavy atom. The van der Waals surface area contributed by atoms with Crippen LogP contribution in [0.1, 0.15) is 11.1 Å². The summed E-state index contributed by atoms with van der Waals surface area (Å²) in [5.74, 6) is -2.47. The fraction of sp³-hybridized carbons (Fsp3) is 0.333. The Morgan fingerprint density at radius 2 is 1.93 bits per heavy atom. The van der Waals surface area contributed by atoms with Gasteiger partial charge in [0.05, 0.1) is 0 Å². The first kappa shape index (κ1) is 19.8. The molecule has 1 aromatic rings. The zero-order valence-electron chi connectivity index (χ0n) is 14.7. The molecule has 1 heterocycles. The van der Waals surface area contributed by atoms with Crippen LogP contribution in [0.25, 0.3) is 0 Å². The van der Waals surface area contributed by atoms with E-state index >= 15 is 0 Å². The SMILES string of the molecule is Cc1cc(C2(C3=CC(F)C(F)C(F)=C3)NC(=O)N(C)C2=O)ccc1OC(F)F. The second kappa shape index (κ2) is 6.92. The Bertz CT molecular complexity index is 901. The van der Waals surface area contributed by atoms with Crippen molar-refractivity contribution in [2.45, 2.75) is 31.4 Å². The van der Waals surface area contributed by atoms with Crippen LogP contribution in [-0.4, -0.2) is 42.8 Å². The van der Waals surface area contributed by atoms with Crippen LogP contribution in [0.3, 0.4) is 0 Å². The second-order valence-corrected chi connectivity index (χ2v) is 6.40. The van der Waals surface area contributed by atoms with Crippen molar-refractivity contribution in [2.75, 3.05) is 7.05 Å². The van der Waals surface area contributed by atoms with Crippen LogP contribution in [0.2, 0.25) is 0 Å². The number of ether oxygens (including phenoxy) is 1. The maximum atomic E-state index is 14.0. The van der Waals surface area contributed by atoms with Crippen molar-refractivity contribution in [1.29, 1.82) is 0 Å². The summed E-state index contributed by atoms with van der Waals surface area (Å²) in [6.45, 7) is -1.66. The smallest absolute Gasteiger partial charge is 0.387 e. The van der Waals surface area contributed by atoms with Gasteiger partial charge in [0.25, 0.3) is 5.91 Å². The first-order chi connectivity index (χ1) is 13.1. The zero-order chi connectivity index (χ0) is 20.8. The molecule has 3 rings (SSSR count). The molecule has 28 heavy (non-hydrogen) atoms. The predicted octanol–water partition coefficient (Wildman–Crippen LogP) is 3.44. The maximum Gasteiger partial charge on any atom is 0.387 e. The molecule has 5 nitrogen and oxygen atoms in total. The summed E-state index contributed by atoms with van der Waals surface area (Å²) in [5.41, 5.74) is -2.11. The van der Waals surface area contributed by atoms with E-state index in [2.05, 4.69) is 10.1 Å². The molecule has 0 radical (unpaired) electrons. The number of carbonyl (C=O) groups is 2. The number of carbonyl (C=O) groups excluding carboxylic acids is 2. The van der Waals surface area contributed by atoms with Crippen LogP contribution in [0, 0.1) is 6.92 Å². The number of rotatable bonds is 4. The minimum atomic E-state index is -3.08. The first-order valence-corrected chi connectivity index (χ1v) is 8.11. The Balaban J connectivity index is 2.18. The monoisotopic (exact) mass is 402 g/mol. The van der Waals surface area contributed by atoms with Crippen molar-refractivity contribution in [3.05, 3.63) is 52.9 Å². The van der Waals surface area contributed by atoms with Crippen molar-refractivity contribution in [3.63, 3.8) is 0 Å². The lowest BCUT2D eigenvalue weighted by molar-refractivity contribution is -0.129. The highest BCUT2D eigenvalue weighted by molar-refractivity contribution is 6.09. The highest BCUT2D eigenvalue weighted by Crippen LogP contribution is 2.41. The molecule has 1 N–H and O–H groups in total. The summed E-state index contributed by atoms with van der Waals surface area (Å²) in [6.07, 6.45) is -3.52. The molecule has 0 bridgehead atoms. The molecular weight excluding hydrogens is 387 g/mol. The van der Waals surface area contributed by atoms with E-state index in [-0.39, 0.29) is 22.4 Å². The number of amides is 3. The average Bonchev–Trinajstić information content (AvgIpc) is 2.85. The van der Waals surface area contributed by atoms with Gasteiger partial charge in [-0.05, 0) is 47.9 Å². The minimum Gasteiger partial charge on any atom is -0.435 e. The van der Waals surface area contributed by atoms with Gasteiger partial charge in [0, 0.05) is 7.05 Å². The van der Waals surface area contributed by atoms with E-state index in [9.17, 15) is 31.5 Å². The number of urea groups is 1. The summed E-state index contributed by atoms with van der Waals surface area (Å²) in [7, 11) is 1.16. The maximum absolute atomic E-state index is 14.0. The molecule has 0 spiro atoms. The van der Waals surface area contributed by atoms with Crippen molar-refractivity contribution >= 4 is 11.9 Å². The average molecular weight is 402 g/mol. The van der Waals surface area contributed by atoms with Gasteiger partial charge in [-0.1, -0.05) is 6.07 Å². The molecule has 150 valence electrons. The fourth-order valence-electron chi connectivity index (χ4n) is 3.23. The predicted molar refractivity (Wildman–Crippen MR) is 87.9 cm³/mol. The Morgan fingerprint density at radius 1 is 1.25 bits per heavy atom. The zero-order valence-corrected chi connectivity index (χ0v) is 14.7. The third kappa shape index (κ3) is 3.02. The minimum absolute atomic E-state index is 0.0501. The number of hydrogen-bond donors (Lipinski definition) is 1. The summed E-state index contributed by atoms with van der Waals surface area (Å²) < 4.78 is 70.7. The molecule has 1 fully saturated rings. The largest absolute Gasteiger partial charge is 0.435 e. The van der Waals surface area contributed by atoms with E-state index in [0.717, 1.165) is 13.1 Å². The van der Waals surface area contributed by atoms with Gasteiger partial charge in [0.15, 0.2) is 17.9 Å². The number of nitrogens with one attached hydrogen (secondary N) is 1. The summed E-state index contributed by atoms with van der Waals surface area (Å²) in [4.78, 5) is 25.7. The van der Waals surface area contributed by atoms with Gasteiger partial charge in [-0.15, -0.1) is 0 Å². The summed E-state index contributed by atoms with van der Waals surface area (Å²) >= 11 is 0. The van der Waals surface area contributed by atoms with Gasteiger partial charge < -0.3 is 10.1 Å². The third-order valence-corrected chi connectivity index (χ3v) is 4.66. The van der Waals surface area contributed by atoms with Crippen molar-refractivity contribution < 1.29 is 36.3 Å². The molecule has 2 aliphatic rings. The Hall–Kier alpha value is -2.91. The molecular formula is C18H15F5N2O3. The van der Waals surface area contributed by atoms with Gasteiger partial charge in [-0.25, -0.2) is 18.0 Å². The van der Waals surface area contributed by atoms with E-state index in [1.165, 1.54) is 19.1 Å².